The molecule has 0 N–H and O–H groups in total. The van der Waals surface area contributed by atoms with E-state index in [1.54, 1.807) is 41.3 Å². The molecule has 2 aromatic heterocycles. The molecule has 1 amide bonds. The summed E-state index contributed by atoms with van der Waals surface area (Å²) < 4.78 is 1.54. The van der Waals surface area contributed by atoms with Gasteiger partial charge in [0.2, 0.25) is 0 Å². The van der Waals surface area contributed by atoms with Crippen molar-refractivity contribution in [3.8, 4) is 5.82 Å². The van der Waals surface area contributed by atoms with E-state index in [1.165, 1.54) is 6.33 Å². The van der Waals surface area contributed by atoms with Gasteiger partial charge in [0.25, 0.3) is 5.91 Å². The molecule has 0 fully saturated rings. The summed E-state index contributed by atoms with van der Waals surface area (Å²) in [7, 11) is 1.78. The first-order valence-electron chi connectivity index (χ1n) is 5.68. The quantitative estimate of drug-likeness (QED) is 0.813. The molecule has 0 aliphatic rings. The first-order chi connectivity index (χ1) is 8.59. The van der Waals surface area contributed by atoms with Crippen molar-refractivity contribution in [1.29, 1.82) is 0 Å². The minimum absolute atomic E-state index is 0.0392. The van der Waals surface area contributed by atoms with Gasteiger partial charge in [-0.05, 0) is 26.0 Å². The monoisotopic (exact) mass is 245 g/mol. The molecule has 0 unspecified atom stereocenters. The van der Waals surface area contributed by atoms with Crippen molar-refractivity contribution in [2.24, 2.45) is 0 Å². The molecule has 18 heavy (non-hydrogen) atoms. The van der Waals surface area contributed by atoms with E-state index in [1.807, 2.05) is 13.8 Å². The third kappa shape index (κ3) is 2.37. The van der Waals surface area contributed by atoms with E-state index in [9.17, 15) is 4.79 Å². The summed E-state index contributed by atoms with van der Waals surface area (Å²) in [4.78, 5) is 21.7. The SMILES string of the molecule is CC(C)N(C)C(=O)c1ccc(-n2cncn2)nc1. The highest BCUT2D eigenvalue weighted by atomic mass is 16.2. The van der Waals surface area contributed by atoms with Gasteiger partial charge in [0.1, 0.15) is 12.7 Å². The predicted molar refractivity (Wildman–Crippen MR) is 66.4 cm³/mol. The Morgan fingerprint density at radius 3 is 2.67 bits per heavy atom. The second kappa shape index (κ2) is 4.95. The average Bonchev–Trinajstić information content (AvgIpc) is 2.91. The van der Waals surface area contributed by atoms with E-state index < -0.39 is 0 Å². The topological polar surface area (TPSA) is 63.9 Å². The standard InChI is InChI=1S/C12H15N5O/c1-9(2)16(3)12(18)10-4-5-11(14-6-10)17-8-13-7-15-17/h4-9H,1-3H3. The first kappa shape index (κ1) is 12.2. The third-order valence-corrected chi connectivity index (χ3v) is 2.74. The minimum Gasteiger partial charge on any atom is -0.339 e. The molecule has 2 aromatic rings. The molecule has 6 nitrogen and oxygen atoms in total. The van der Waals surface area contributed by atoms with Gasteiger partial charge in [0, 0.05) is 19.3 Å². The van der Waals surface area contributed by atoms with Crippen molar-refractivity contribution in [2.75, 3.05) is 7.05 Å². The second-order valence-electron chi connectivity index (χ2n) is 4.25. The molecule has 0 bridgehead atoms. The fourth-order valence-corrected chi connectivity index (χ4v) is 1.41. The number of pyridine rings is 1. The molecule has 0 saturated heterocycles. The van der Waals surface area contributed by atoms with Crippen LogP contribution in [0.15, 0.2) is 31.0 Å². The Morgan fingerprint density at radius 2 is 2.17 bits per heavy atom. The summed E-state index contributed by atoms with van der Waals surface area (Å²) in [5, 5.41) is 3.97. The number of rotatable bonds is 3. The molecule has 6 heteroatoms. The van der Waals surface area contributed by atoms with Gasteiger partial charge in [0.05, 0.1) is 5.56 Å². The molecule has 2 rings (SSSR count). The number of nitrogens with zero attached hydrogens (tertiary/aromatic N) is 5. The minimum atomic E-state index is -0.0392. The smallest absolute Gasteiger partial charge is 0.255 e. The molecular formula is C12H15N5O. The van der Waals surface area contributed by atoms with Crippen LogP contribution in [-0.2, 0) is 0 Å². The fourth-order valence-electron chi connectivity index (χ4n) is 1.41. The summed E-state index contributed by atoms with van der Waals surface area (Å²) >= 11 is 0. The van der Waals surface area contributed by atoms with Gasteiger partial charge in [-0.1, -0.05) is 0 Å². The molecule has 0 aliphatic heterocycles. The van der Waals surface area contributed by atoms with Gasteiger partial charge >= 0.3 is 0 Å². The molecule has 2 heterocycles. The zero-order chi connectivity index (χ0) is 13.1. The number of carbonyl (C=O) groups excluding carboxylic acids is 1. The van der Waals surface area contributed by atoms with Gasteiger partial charge in [-0.15, -0.1) is 0 Å². The fraction of sp³-hybridized carbons (Fsp3) is 0.333. The Bertz CT molecular complexity index is 518. The van der Waals surface area contributed by atoms with Crippen LogP contribution in [-0.4, -0.2) is 43.6 Å². The van der Waals surface area contributed by atoms with Crippen LogP contribution < -0.4 is 0 Å². The zero-order valence-electron chi connectivity index (χ0n) is 10.6. The van der Waals surface area contributed by atoms with Gasteiger partial charge < -0.3 is 4.90 Å². The number of hydrogen-bond acceptors (Lipinski definition) is 4. The van der Waals surface area contributed by atoms with Crippen LogP contribution in [0, 0.1) is 0 Å². The highest BCUT2D eigenvalue weighted by Gasteiger charge is 2.14. The van der Waals surface area contributed by atoms with E-state index in [2.05, 4.69) is 15.1 Å². The summed E-state index contributed by atoms with van der Waals surface area (Å²) in [6.07, 6.45) is 4.55. The summed E-state index contributed by atoms with van der Waals surface area (Å²) in [6.45, 7) is 3.93. The van der Waals surface area contributed by atoms with E-state index in [4.69, 9.17) is 0 Å². The Labute approximate surface area is 105 Å². The molecule has 94 valence electrons. The lowest BCUT2D eigenvalue weighted by Crippen LogP contribution is -2.33. The largest absolute Gasteiger partial charge is 0.339 e. The maximum absolute atomic E-state index is 12.0. The Morgan fingerprint density at radius 1 is 1.39 bits per heavy atom. The maximum Gasteiger partial charge on any atom is 0.255 e. The molecule has 0 aromatic carbocycles. The predicted octanol–water partition coefficient (Wildman–Crippen LogP) is 1.14. The van der Waals surface area contributed by atoms with E-state index in [0.717, 1.165) is 0 Å². The zero-order valence-corrected chi connectivity index (χ0v) is 10.6. The number of carbonyl (C=O) groups is 1. The van der Waals surface area contributed by atoms with E-state index >= 15 is 0 Å². The Hall–Kier alpha value is -2.24. The van der Waals surface area contributed by atoms with Crippen LogP contribution in [0.3, 0.4) is 0 Å². The third-order valence-electron chi connectivity index (χ3n) is 2.74. The molecule has 0 saturated carbocycles. The molecule has 0 spiro atoms. The van der Waals surface area contributed by atoms with Crippen LogP contribution in [0.4, 0.5) is 0 Å². The second-order valence-corrected chi connectivity index (χ2v) is 4.25. The van der Waals surface area contributed by atoms with Crippen molar-refractivity contribution in [2.45, 2.75) is 19.9 Å². The maximum atomic E-state index is 12.0. The van der Waals surface area contributed by atoms with Gasteiger partial charge in [-0.3, -0.25) is 4.79 Å². The molecule has 0 radical (unpaired) electrons. The van der Waals surface area contributed by atoms with E-state index in [0.29, 0.717) is 11.4 Å². The molecule has 0 atom stereocenters. The van der Waals surface area contributed by atoms with Crippen molar-refractivity contribution < 1.29 is 4.79 Å². The van der Waals surface area contributed by atoms with Crippen LogP contribution in [0.1, 0.15) is 24.2 Å². The lowest BCUT2D eigenvalue weighted by Gasteiger charge is -2.21. The summed E-state index contributed by atoms with van der Waals surface area (Å²) in [5.41, 5.74) is 0.565. The van der Waals surface area contributed by atoms with Crippen LogP contribution in [0.2, 0.25) is 0 Å². The normalized spacial score (nSPS) is 10.7. The highest BCUT2D eigenvalue weighted by Crippen LogP contribution is 2.08. The lowest BCUT2D eigenvalue weighted by atomic mass is 10.2. The Balaban J connectivity index is 2.20. The van der Waals surface area contributed by atoms with Crippen LogP contribution >= 0.6 is 0 Å². The lowest BCUT2D eigenvalue weighted by molar-refractivity contribution is 0.0754. The number of amides is 1. The van der Waals surface area contributed by atoms with Crippen LogP contribution in [0.25, 0.3) is 5.82 Å². The number of aromatic nitrogens is 4. The molecular weight excluding hydrogens is 230 g/mol. The number of hydrogen-bond donors (Lipinski definition) is 0. The van der Waals surface area contributed by atoms with Crippen molar-refractivity contribution in [1.82, 2.24) is 24.6 Å². The first-order valence-corrected chi connectivity index (χ1v) is 5.68. The van der Waals surface area contributed by atoms with Gasteiger partial charge in [0.15, 0.2) is 5.82 Å². The molecule has 0 aliphatic carbocycles. The summed E-state index contributed by atoms with van der Waals surface area (Å²) in [5.74, 6) is 0.596. The van der Waals surface area contributed by atoms with Crippen molar-refractivity contribution in [3.63, 3.8) is 0 Å². The highest BCUT2D eigenvalue weighted by molar-refractivity contribution is 5.94. The Kier molecular flexibility index (Phi) is 3.36. The average molecular weight is 245 g/mol. The van der Waals surface area contributed by atoms with Gasteiger partial charge in [-0.2, -0.15) is 5.10 Å². The van der Waals surface area contributed by atoms with Crippen molar-refractivity contribution >= 4 is 5.91 Å². The van der Waals surface area contributed by atoms with E-state index in [-0.39, 0.29) is 11.9 Å². The summed E-state index contributed by atoms with van der Waals surface area (Å²) in [6, 6.07) is 3.65. The van der Waals surface area contributed by atoms with Crippen molar-refractivity contribution in [3.05, 3.63) is 36.5 Å². The van der Waals surface area contributed by atoms with Crippen LogP contribution in [0.5, 0.6) is 0 Å². The van der Waals surface area contributed by atoms with Gasteiger partial charge in [-0.25, -0.2) is 14.6 Å².